The van der Waals surface area contributed by atoms with Gasteiger partial charge in [0.25, 0.3) is 5.91 Å². The van der Waals surface area contributed by atoms with Crippen molar-refractivity contribution in [1.82, 2.24) is 9.21 Å². The molecular weight excluding hydrogens is 707 g/mol. The van der Waals surface area contributed by atoms with Gasteiger partial charge in [-0.2, -0.15) is 13.1 Å². The van der Waals surface area contributed by atoms with Gasteiger partial charge >= 0.3 is 12.6 Å². The molecule has 3 aliphatic rings. The highest BCUT2D eigenvalue weighted by Gasteiger charge is 2.41. The second-order valence-electron chi connectivity index (χ2n) is 12.4. The number of sulfonamides is 1. The largest absolute Gasteiger partial charge is 0.629 e. The third-order valence-corrected chi connectivity index (χ3v) is 10.9. The topological polar surface area (TPSA) is 130 Å². The molecule has 11 nitrogen and oxygen atoms in total. The number of carbonyl (C=O) groups excluding carboxylic acids is 2. The predicted octanol–water partition coefficient (Wildman–Crippen LogP) is 4.72. The van der Waals surface area contributed by atoms with Crippen LogP contribution in [0.15, 0.2) is 64.3 Å². The number of benzene rings is 2. The molecular formula is C33H37Cl2F2N3O8S. The number of hydroxylamine groups is 2. The third kappa shape index (κ3) is 9.50. The number of halogens is 4. The smallest absolute Gasteiger partial charge is 0.387 e. The molecule has 2 aliphatic heterocycles. The van der Waals surface area contributed by atoms with E-state index in [0.717, 1.165) is 17.1 Å². The zero-order valence-corrected chi connectivity index (χ0v) is 29.2. The van der Waals surface area contributed by atoms with E-state index in [4.69, 9.17) is 32.7 Å². The van der Waals surface area contributed by atoms with Gasteiger partial charge in [-0.15, -0.1) is 0 Å². The lowest BCUT2D eigenvalue weighted by Gasteiger charge is -2.28. The SMILES string of the molecule is CN(C)C(=O)c1cccc(CS(=O)(=O)N2CCC[C@H]2C(=O)O[C@@H](CC2=C(Cl)C[NH+]([O-])C=C2Cl)c2ccc(OC(F)F)c(OCC3CC3)c2)c1. The van der Waals surface area contributed by atoms with Gasteiger partial charge in [0.15, 0.2) is 11.5 Å². The van der Waals surface area contributed by atoms with E-state index in [0.29, 0.717) is 28.7 Å². The molecule has 1 unspecified atom stereocenters. The van der Waals surface area contributed by atoms with Gasteiger partial charge < -0.3 is 29.4 Å². The Hall–Kier alpha value is -3.27. The second kappa shape index (κ2) is 15.7. The van der Waals surface area contributed by atoms with Crippen molar-refractivity contribution in [2.45, 2.75) is 56.6 Å². The van der Waals surface area contributed by atoms with E-state index in [9.17, 15) is 32.0 Å². The molecule has 0 aromatic heterocycles. The van der Waals surface area contributed by atoms with Gasteiger partial charge in [-0.25, -0.2) is 8.42 Å². The lowest BCUT2D eigenvalue weighted by atomic mass is 9.99. The van der Waals surface area contributed by atoms with Gasteiger partial charge in [-0.05, 0) is 67.0 Å². The Labute approximate surface area is 293 Å². The Bertz CT molecular complexity index is 1740. The van der Waals surface area contributed by atoms with E-state index in [2.05, 4.69) is 4.74 Å². The fourth-order valence-electron chi connectivity index (χ4n) is 5.69. The molecule has 49 heavy (non-hydrogen) atoms. The van der Waals surface area contributed by atoms with E-state index in [1.54, 1.807) is 32.3 Å². The number of carbonyl (C=O) groups is 2. The van der Waals surface area contributed by atoms with Crippen molar-refractivity contribution in [1.29, 1.82) is 0 Å². The maximum atomic E-state index is 13.9. The molecule has 0 radical (unpaired) electrons. The van der Waals surface area contributed by atoms with Crippen LogP contribution < -0.4 is 14.5 Å². The van der Waals surface area contributed by atoms with Crippen molar-refractivity contribution in [3.63, 3.8) is 0 Å². The molecule has 2 aromatic rings. The highest BCUT2D eigenvalue weighted by atomic mass is 35.5. The summed E-state index contributed by atoms with van der Waals surface area (Å²) in [7, 11) is -0.867. The number of ether oxygens (including phenoxy) is 3. The molecule has 1 N–H and O–H groups in total. The number of rotatable bonds is 14. The highest BCUT2D eigenvalue weighted by Crippen LogP contribution is 2.40. The van der Waals surface area contributed by atoms with Crippen molar-refractivity contribution >= 4 is 45.1 Å². The first-order chi connectivity index (χ1) is 23.2. The first kappa shape index (κ1) is 37.0. The van der Waals surface area contributed by atoms with Crippen molar-refractivity contribution < 1.29 is 46.1 Å². The van der Waals surface area contributed by atoms with Crippen LogP contribution in [0.1, 0.15) is 59.7 Å². The zero-order valence-electron chi connectivity index (χ0n) is 26.9. The standard InChI is InChI=1S/C33H37Cl2F2N3O8S/c1-38(2)31(41)23-6-3-5-21(13-23)19-49(44,45)40-12-4-7-27(40)32(42)47-29(15-24-25(34)16-39(43)17-26(24)35)22-10-11-28(48-33(36)37)30(14-22)46-18-20-8-9-20/h3,5-6,10-11,13-14,16,20,27,29,33,39H,4,7-9,12,15,17-19H2,1-2H3/t27-,29-/m0/s1. The number of hydrogen-bond acceptors (Lipinski definition) is 8. The molecule has 1 saturated carbocycles. The fraction of sp³-hybridized carbons (Fsp3) is 0.455. The number of esters is 1. The maximum absolute atomic E-state index is 13.9. The maximum Gasteiger partial charge on any atom is 0.387 e. The normalized spacial score (nSPS) is 20.6. The average molecular weight is 745 g/mol. The Morgan fingerprint density at radius 2 is 1.86 bits per heavy atom. The molecule has 16 heteroatoms. The van der Waals surface area contributed by atoms with Gasteiger partial charge in [0.2, 0.25) is 10.0 Å². The summed E-state index contributed by atoms with van der Waals surface area (Å²) in [5, 5.41) is 12.0. The highest BCUT2D eigenvalue weighted by molar-refractivity contribution is 7.88. The summed E-state index contributed by atoms with van der Waals surface area (Å²) < 4.78 is 71.4. The number of nitrogens with zero attached hydrogens (tertiary/aromatic N) is 2. The minimum absolute atomic E-state index is 0.0198. The minimum atomic E-state index is -4.05. The number of amides is 1. The Kier molecular flexibility index (Phi) is 11.9. The van der Waals surface area contributed by atoms with Gasteiger partial charge in [0.1, 0.15) is 24.9 Å². The number of nitrogens with one attached hydrogen (secondary N) is 1. The Morgan fingerprint density at radius 3 is 2.53 bits per heavy atom. The van der Waals surface area contributed by atoms with E-state index in [1.165, 1.54) is 35.4 Å². The second-order valence-corrected chi connectivity index (χ2v) is 15.2. The molecule has 0 bridgehead atoms. The number of allylic oxidation sites excluding steroid dienone is 1. The third-order valence-electron chi connectivity index (χ3n) is 8.37. The summed E-state index contributed by atoms with van der Waals surface area (Å²) in [4.78, 5) is 27.7. The van der Waals surface area contributed by atoms with Crippen LogP contribution in [0.4, 0.5) is 8.78 Å². The first-order valence-corrected chi connectivity index (χ1v) is 18.1. The van der Waals surface area contributed by atoms with Gasteiger partial charge in [0.05, 0.1) is 22.4 Å². The lowest BCUT2D eigenvalue weighted by Crippen LogP contribution is -3.03. The Morgan fingerprint density at radius 1 is 1.10 bits per heavy atom. The molecule has 1 saturated heterocycles. The van der Waals surface area contributed by atoms with Crippen LogP contribution in [0.5, 0.6) is 11.5 Å². The van der Waals surface area contributed by atoms with Crippen LogP contribution >= 0.6 is 23.2 Å². The quantitative estimate of drug-likeness (QED) is 0.218. The van der Waals surface area contributed by atoms with Gasteiger partial charge in [-0.1, -0.05) is 41.4 Å². The molecule has 2 fully saturated rings. The monoisotopic (exact) mass is 743 g/mol. The summed E-state index contributed by atoms with van der Waals surface area (Å²) in [5.41, 5.74) is 1.38. The van der Waals surface area contributed by atoms with E-state index >= 15 is 0 Å². The fourth-order valence-corrected chi connectivity index (χ4v) is 8.11. The van der Waals surface area contributed by atoms with Crippen molar-refractivity contribution in [3.05, 3.63) is 86.2 Å². The predicted molar refractivity (Wildman–Crippen MR) is 178 cm³/mol. The summed E-state index contributed by atoms with van der Waals surface area (Å²) >= 11 is 12.8. The molecule has 1 amide bonds. The average Bonchev–Trinajstić information content (AvgIpc) is 3.72. The minimum Gasteiger partial charge on any atom is -0.629 e. The molecule has 5 rings (SSSR count). The first-order valence-electron chi connectivity index (χ1n) is 15.7. The van der Waals surface area contributed by atoms with Crippen LogP contribution in [0.25, 0.3) is 0 Å². The zero-order chi connectivity index (χ0) is 35.5. The number of alkyl halides is 2. The molecule has 2 heterocycles. The molecule has 0 spiro atoms. The number of hydrogen-bond donors (Lipinski definition) is 1. The summed E-state index contributed by atoms with van der Waals surface area (Å²) in [6.07, 6.45) is 2.47. The Balaban J connectivity index is 1.41. The van der Waals surface area contributed by atoms with Gasteiger partial charge in [0, 0.05) is 38.2 Å². The van der Waals surface area contributed by atoms with Crippen molar-refractivity contribution in [3.8, 4) is 11.5 Å². The van der Waals surface area contributed by atoms with Crippen molar-refractivity contribution in [2.75, 3.05) is 33.8 Å². The lowest BCUT2D eigenvalue weighted by molar-refractivity contribution is -0.785. The number of quaternary nitrogens is 1. The summed E-state index contributed by atoms with van der Waals surface area (Å²) in [5.74, 6) is -1.46. The summed E-state index contributed by atoms with van der Waals surface area (Å²) in [6.45, 7) is -2.86. The van der Waals surface area contributed by atoms with E-state index in [1.807, 2.05) is 0 Å². The summed E-state index contributed by atoms with van der Waals surface area (Å²) in [6, 6.07) is 9.28. The molecule has 2 aromatic carbocycles. The van der Waals surface area contributed by atoms with Crippen LogP contribution in [0.3, 0.4) is 0 Å². The molecule has 1 aliphatic carbocycles. The molecule has 3 atom stereocenters. The van der Waals surface area contributed by atoms with Crippen LogP contribution in [-0.2, 0) is 25.3 Å². The van der Waals surface area contributed by atoms with E-state index < -0.39 is 40.5 Å². The van der Waals surface area contributed by atoms with E-state index in [-0.39, 0.29) is 71.0 Å². The van der Waals surface area contributed by atoms with Crippen LogP contribution in [0.2, 0.25) is 0 Å². The van der Waals surface area contributed by atoms with Crippen LogP contribution in [-0.4, -0.2) is 75.9 Å². The van der Waals surface area contributed by atoms with Gasteiger partial charge in [-0.3, -0.25) is 9.59 Å². The van der Waals surface area contributed by atoms with Crippen LogP contribution in [0, 0.1) is 11.1 Å². The molecule has 266 valence electrons. The van der Waals surface area contributed by atoms with Crippen molar-refractivity contribution in [2.24, 2.45) is 5.92 Å².